The first kappa shape index (κ1) is 16.2. The van der Waals surface area contributed by atoms with Gasteiger partial charge in [-0.2, -0.15) is 0 Å². The molecule has 2 fully saturated rings. The Bertz CT molecular complexity index is 392. The highest BCUT2D eigenvalue weighted by Gasteiger charge is 2.37. The van der Waals surface area contributed by atoms with Crippen molar-refractivity contribution in [3.63, 3.8) is 0 Å². The monoisotopic (exact) mass is 305 g/mol. The highest BCUT2D eigenvalue weighted by Crippen LogP contribution is 2.32. The Kier molecular flexibility index (Phi) is 5.84. The molecule has 0 spiro atoms. The lowest BCUT2D eigenvalue weighted by atomic mass is 9.81. The van der Waals surface area contributed by atoms with Crippen LogP contribution in [-0.2, 0) is 19.3 Å². The molecule has 4 atom stereocenters. The standard InChI is InChI=1S/C14H27NO4S/c1-3-15-14(13-10-18-7-8-19-13)11-5-4-6-12(9-11)20(2,16)17/h11-15H,3-10H2,1-2H3. The first-order chi connectivity index (χ1) is 9.52. The van der Waals surface area contributed by atoms with Crippen molar-refractivity contribution in [2.75, 3.05) is 32.6 Å². The van der Waals surface area contributed by atoms with E-state index in [9.17, 15) is 8.42 Å². The zero-order valence-corrected chi connectivity index (χ0v) is 13.3. The van der Waals surface area contributed by atoms with E-state index in [1.54, 1.807) is 0 Å². The van der Waals surface area contributed by atoms with E-state index in [4.69, 9.17) is 9.47 Å². The van der Waals surface area contributed by atoms with E-state index >= 15 is 0 Å². The first-order valence-electron chi connectivity index (χ1n) is 7.64. The van der Waals surface area contributed by atoms with Gasteiger partial charge >= 0.3 is 0 Å². The smallest absolute Gasteiger partial charge is 0.150 e. The molecule has 1 aliphatic carbocycles. The van der Waals surface area contributed by atoms with E-state index in [1.165, 1.54) is 6.26 Å². The predicted molar refractivity (Wildman–Crippen MR) is 78.6 cm³/mol. The van der Waals surface area contributed by atoms with Gasteiger partial charge in [0, 0.05) is 12.3 Å². The summed E-state index contributed by atoms with van der Waals surface area (Å²) in [6.45, 7) is 4.84. The molecule has 4 unspecified atom stereocenters. The molecule has 1 saturated carbocycles. The van der Waals surface area contributed by atoms with Crippen molar-refractivity contribution in [1.82, 2.24) is 5.32 Å². The quantitative estimate of drug-likeness (QED) is 0.820. The van der Waals surface area contributed by atoms with E-state index in [2.05, 4.69) is 12.2 Å². The van der Waals surface area contributed by atoms with Crippen LogP contribution in [0.3, 0.4) is 0 Å². The minimum absolute atomic E-state index is 0.0482. The average Bonchev–Trinajstić information content (AvgIpc) is 2.45. The van der Waals surface area contributed by atoms with Crippen LogP contribution in [0.2, 0.25) is 0 Å². The van der Waals surface area contributed by atoms with E-state index in [1.807, 2.05) is 0 Å². The maximum Gasteiger partial charge on any atom is 0.150 e. The van der Waals surface area contributed by atoms with Crippen molar-refractivity contribution < 1.29 is 17.9 Å². The molecule has 0 aromatic carbocycles. The fourth-order valence-electron chi connectivity index (χ4n) is 3.45. The molecular weight excluding hydrogens is 278 g/mol. The Balaban J connectivity index is 2.04. The van der Waals surface area contributed by atoms with Crippen molar-refractivity contribution >= 4 is 9.84 Å². The summed E-state index contributed by atoms with van der Waals surface area (Å²) in [6.07, 6.45) is 5.02. The van der Waals surface area contributed by atoms with Crippen molar-refractivity contribution in [2.45, 2.75) is 50.0 Å². The van der Waals surface area contributed by atoms with E-state index in [0.29, 0.717) is 25.7 Å². The molecule has 2 rings (SSSR count). The summed E-state index contributed by atoms with van der Waals surface area (Å²) >= 11 is 0. The molecule has 2 aliphatic rings. The molecule has 0 amide bonds. The zero-order valence-electron chi connectivity index (χ0n) is 12.5. The van der Waals surface area contributed by atoms with Gasteiger partial charge in [0.1, 0.15) is 9.84 Å². The van der Waals surface area contributed by atoms with Crippen LogP contribution < -0.4 is 5.32 Å². The lowest BCUT2D eigenvalue weighted by Crippen LogP contribution is -2.52. The molecule has 6 heteroatoms. The van der Waals surface area contributed by atoms with Crippen LogP contribution >= 0.6 is 0 Å². The van der Waals surface area contributed by atoms with Gasteiger partial charge in [-0.05, 0) is 31.7 Å². The predicted octanol–water partition coefficient (Wildman–Crippen LogP) is 0.983. The molecule has 20 heavy (non-hydrogen) atoms. The summed E-state index contributed by atoms with van der Waals surface area (Å²) in [4.78, 5) is 0. The minimum Gasteiger partial charge on any atom is -0.376 e. The second kappa shape index (κ2) is 7.20. The number of rotatable bonds is 5. The fraction of sp³-hybridized carbons (Fsp3) is 1.00. The Morgan fingerprint density at radius 3 is 2.70 bits per heavy atom. The third-order valence-corrected chi connectivity index (χ3v) is 6.10. The van der Waals surface area contributed by atoms with Gasteiger partial charge in [0.2, 0.25) is 0 Å². The van der Waals surface area contributed by atoms with Crippen LogP contribution in [0.1, 0.15) is 32.6 Å². The van der Waals surface area contributed by atoms with E-state index in [0.717, 1.165) is 32.2 Å². The van der Waals surface area contributed by atoms with E-state index < -0.39 is 9.84 Å². The first-order valence-corrected chi connectivity index (χ1v) is 9.59. The molecule has 0 aromatic heterocycles. The van der Waals surface area contributed by atoms with Gasteiger partial charge in [-0.1, -0.05) is 13.3 Å². The zero-order chi connectivity index (χ0) is 14.6. The maximum absolute atomic E-state index is 11.8. The van der Waals surface area contributed by atoms with Gasteiger partial charge in [0.25, 0.3) is 0 Å². The topological polar surface area (TPSA) is 64.6 Å². The summed E-state index contributed by atoms with van der Waals surface area (Å²) in [6, 6.07) is 0.199. The highest BCUT2D eigenvalue weighted by molar-refractivity contribution is 7.91. The Morgan fingerprint density at radius 2 is 2.10 bits per heavy atom. The van der Waals surface area contributed by atoms with Crippen LogP contribution in [0, 0.1) is 5.92 Å². The largest absolute Gasteiger partial charge is 0.376 e. The van der Waals surface area contributed by atoms with Crippen LogP contribution in [0.4, 0.5) is 0 Å². The molecule has 0 radical (unpaired) electrons. The molecule has 5 nitrogen and oxygen atoms in total. The highest BCUT2D eigenvalue weighted by atomic mass is 32.2. The molecule has 1 heterocycles. The average molecular weight is 305 g/mol. The lowest BCUT2D eigenvalue weighted by molar-refractivity contribution is -0.110. The van der Waals surface area contributed by atoms with Crippen LogP contribution in [-0.4, -0.2) is 58.4 Å². The third kappa shape index (κ3) is 4.16. The number of likely N-dealkylation sites (N-methyl/N-ethyl adjacent to an activating group) is 1. The fourth-order valence-corrected chi connectivity index (χ4v) is 4.64. The van der Waals surface area contributed by atoms with Crippen molar-refractivity contribution in [3.05, 3.63) is 0 Å². The molecular formula is C14H27NO4S. The summed E-state index contributed by atoms with van der Waals surface area (Å²) in [5.41, 5.74) is 0. The second-order valence-electron chi connectivity index (χ2n) is 5.95. The molecule has 1 aliphatic heterocycles. The van der Waals surface area contributed by atoms with E-state index in [-0.39, 0.29) is 17.4 Å². The van der Waals surface area contributed by atoms with Gasteiger partial charge in [-0.3, -0.25) is 0 Å². The summed E-state index contributed by atoms with van der Waals surface area (Å²) in [5.74, 6) is 0.357. The van der Waals surface area contributed by atoms with Crippen LogP contribution in [0.25, 0.3) is 0 Å². The van der Waals surface area contributed by atoms with Crippen molar-refractivity contribution in [3.8, 4) is 0 Å². The number of sulfone groups is 1. The lowest BCUT2D eigenvalue weighted by Gasteiger charge is -2.39. The van der Waals surface area contributed by atoms with Gasteiger partial charge < -0.3 is 14.8 Å². The van der Waals surface area contributed by atoms with Gasteiger partial charge in [0.15, 0.2) is 0 Å². The van der Waals surface area contributed by atoms with Gasteiger partial charge in [0.05, 0.1) is 31.2 Å². The summed E-state index contributed by atoms with van der Waals surface area (Å²) in [7, 11) is -2.94. The molecule has 0 bridgehead atoms. The number of ether oxygens (including phenoxy) is 2. The molecule has 1 saturated heterocycles. The minimum atomic E-state index is -2.94. The third-order valence-electron chi connectivity index (χ3n) is 4.46. The number of hydrogen-bond donors (Lipinski definition) is 1. The van der Waals surface area contributed by atoms with Crippen LogP contribution in [0.5, 0.6) is 0 Å². The van der Waals surface area contributed by atoms with Gasteiger partial charge in [-0.15, -0.1) is 0 Å². The Hall–Kier alpha value is -0.170. The second-order valence-corrected chi connectivity index (χ2v) is 8.27. The summed E-state index contributed by atoms with van der Waals surface area (Å²) < 4.78 is 35.0. The Morgan fingerprint density at radius 1 is 1.30 bits per heavy atom. The maximum atomic E-state index is 11.8. The normalized spacial score (nSPS) is 33.8. The number of nitrogens with one attached hydrogen (secondary N) is 1. The van der Waals surface area contributed by atoms with Crippen LogP contribution in [0.15, 0.2) is 0 Å². The van der Waals surface area contributed by atoms with Crippen molar-refractivity contribution in [2.24, 2.45) is 5.92 Å². The van der Waals surface area contributed by atoms with Crippen molar-refractivity contribution in [1.29, 1.82) is 0 Å². The molecule has 1 N–H and O–H groups in total. The number of hydrogen-bond acceptors (Lipinski definition) is 5. The molecule has 118 valence electrons. The van der Waals surface area contributed by atoms with Gasteiger partial charge in [-0.25, -0.2) is 8.42 Å². The molecule has 0 aromatic rings. The SMILES string of the molecule is CCNC(C1CCCC(S(C)(=O)=O)C1)C1COCCO1. The summed E-state index contributed by atoms with van der Waals surface area (Å²) in [5, 5.41) is 3.31. The Labute approximate surface area is 122 Å².